The van der Waals surface area contributed by atoms with E-state index in [9.17, 15) is 19.2 Å². The number of rotatable bonds is 10. The molecule has 2 fully saturated rings. The van der Waals surface area contributed by atoms with E-state index in [0.717, 1.165) is 74.4 Å². The smallest absolute Gasteiger partial charge is 0.229 e. The number of amides is 3. The number of ketones is 1. The summed E-state index contributed by atoms with van der Waals surface area (Å²) in [7, 11) is 0. The van der Waals surface area contributed by atoms with Gasteiger partial charge >= 0.3 is 0 Å². The van der Waals surface area contributed by atoms with Gasteiger partial charge < -0.3 is 10.1 Å². The number of piperidine rings is 1. The van der Waals surface area contributed by atoms with Crippen LogP contribution in [0.15, 0.2) is 36.4 Å². The Morgan fingerprint density at radius 2 is 1.73 bits per heavy atom. The molecule has 218 valence electrons. The van der Waals surface area contributed by atoms with Crippen LogP contribution in [-0.2, 0) is 44.9 Å². The number of fused-ring (bicyclic) bond motifs is 1. The summed E-state index contributed by atoms with van der Waals surface area (Å²) in [6, 6.07) is 12.2. The fourth-order valence-corrected chi connectivity index (χ4v) is 6.23. The number of benzene rings is 2. The topological polar surface area (TPSA) is 105 Å². The highest BCUT2D eigenvalue weighted by molar-refractivity contribution is 6.00. The lowest BCUT2D eigenvalue weighted by Gasteiger charge is -2.26. The molecular weight excluding hydrogens is 518 g/mol. The minimum Gasteiger partial charge on any atom is -0.379 e. The van der Waals surface area contributed by atoms with Crippen LogP contribution < -0.4 is 10.6 Å². The average molecular weight is 560 g/mol. The van der Waals surface area contributed by atoms with E-state index >= 15 is 0 Å². The molecule has 2 atom stereocenters. The summed E-state index contributed by atoms with van der Waals surface area (Å²) >= 11 is 0. The largest absolute Gasteiger partial charge is 0.379 e. The molecule has 3 amide bonds. The molecule has 0 bridgehead atoms. The summed E-state index contributed by atoms with van der Waals surface area (Å²) < 4.78 is 5.44. The molecule has 8 nitrogen and oxygen atoms in total. The zero-order chi connectivity index (χ0) is 28.8. The van der Waals surface area contributed by atoms with Crippen LogP contribution in [0, 0.1) is 18.8 Å². The first-order valence-corrected chi connectivity index (χ1v) is 15.0. The monoisotopic (exact) mass is 559 g/mol. The van der Waals surface area contributed by atoms with Gasteiger partial charge in [0.25, 0.3) is 0 Å². The van der Waals surface area contributed by atoms with Crippen molar-refractivity contribution in [2.45, 2.75) is 64.8 Å². The predicted molar refractivity (Wildman–Crippen MR) is 155 cm³/mol. The molecule has 2 unspecified atom stereocenters. The Morgan fingerprint density at radius 3 is 2.54 bits per heavy atom. The lowest BCUT2D eigenvalue weighted by molar-refractivity contribution is -0.136. The van der Waals surface area contributed by atoms with Gasteiger partial charge in [-0.15, -0.1) is 0 Å². The molecular formula is C33H41N3O5. The molecule has 1 aliphatic carbocycles. The summed E-state index contributed by atoms with van der Waals surface area (Å²) in [6.07, 6.45) is 5.10. The van der Waals surface area contributed by atoms with Crippen molar-refractivity contribution in [3.8, 4) is 0 Å². The predicted octanol–water partition coefficient (Wildman–Crippen LogP) is 3.31. The number of carbonyl (C=O) groups excluding carboxylic acids is 4. The standard InChI is InChI=1S/C33H41N3O5/c1-22-2-3-23(18-27(22)12-13-36-14-16-41-17-15-36)20-31(38)34-21-24-4-10-29-28(19-24)8-6-25(32(29)39)5-7-26-9-11-30(37)35-33(26)40/h2-4,10,18-19,25-26H,5-9,11-17,20-21H2,1H3,(H,34,38)(H,35,37,40). The number of morpholine rings is 1. The molecule has 0 radical (unpaired) electrons. The maximum atomic E-state index is 13.2. The molecule has 3 aliphatic rings. The molecule has 0 saturated carbocycles. The van der Waals surface area contributed by atoms with Crippen molar-refractivity contribution in [3.63, 3.8) is 0 Å². The highest BCUT2D eigenvalue weighted by Crippen LogP contribution is 2.31. The highest BCUT2D eigenvalue weighted by Gasteiger charge is 2.31. The van der Waals surface area contributed by atoms with Crippen molar-refractivity contribution in [2.75, 3.05) is 32.8 Å². The first-order valence-electron chi connectivity index (χ1n) is 15.0. The van der Waals surface area contributed by atoms with E-state index in [4.69, 9.17) is 4.74 Å². The molecule has 0 aromatic heterocycles. The van der Waals surface area contributed by atoms with Crippen LogP contribution in [-0.4, -0.2) is 61.3 Å². The number of hydrogen-bond acceptors (Lipinski definition) is 6. The second-order valence-corrected chi connectivity index (χ2v) is 11.7. The quantitative estimate of drug-likeness (QED) is 0.433. The van der Waals surface area contributed by atoms with Gasteiger partial charge in [-0.1, -0.05) is 36.4 Å². The average Bonchev–Trinajstić information content (AvgIpc) is 2.97. The van der Waals surface area contributed by atoms with Gasteiger partial charge in [-0.3, -0.25) is 29.4 Å². The van der Waals surface area contributed by atoms with Gasteiger partial charge in [0, 0.05) is 50.0 Å². The number of ether oxygens (including phenoxy) is 1. The molecule has 2 aromatic rings. The third-order valence-corrected chi connectivity index (χ3v) is 8.85. The first-order chi connectivity index (χ1) is 19.9. The summed E-state index contributed by atoms with van der Waals surface area (Å²) in [5, 5.41) is 5.45. The van der Waals surface area contributed by atoms with Crippen molar-refractivity contribution in [2.24, 2.45) is 11.8 Å². The fraction of sp³-hybridized carbons (Fsp3) is 0.515. The van der Waals surface area contributed by atoms with E-state index in [-0.39, 0.29) is 35.3 Å². The molecule has 2 aliphatic heterocycles. The molecule has 2 heterocycles. The molecule has 8 heteroatoms. The van der Waals surface area contributed by atoms with E-state index < -0.39 is 0 Å². The first kappa shape index (κ1) is 29.1. The minimum absolute atomic E-state index is 0.0182. The van der Waals surface area contributed by atoms with Crippen LogP contribution in [0.4, 0.5) is 0 Å². The molecule has 41 heavy (non-hydrogen) atoms. The Bertz CT molecular complexity index is 1300. The minimum atomic E-state index is -0.208. The van der Waals surface area contributed by atoms with Gasteiger partial charge in [0.1, 0.15) is 0 Å². The SMILES string of the molecule is Cc1ccc(CC(=O)NCc2ccc3c(c2)CCC(CCC2CCC(=O)NC2=O)C3=O)cc1CCN1CCOCC1. The Balaban J connectivity index is 1.10. The van der Waals surface area contributed by atoms with Gasteiger partial charge in [0.05, 0.1) is 19.6 Å². The number of nitrogens with zero attached hydrogens (tertiary/aromatic N) is 1. The lowest BCUT2D eigenvalue weighted by atomic mass is 9.78. The van der Waals surface area contributed by atoms with Crippen molar-refractivity contribution in [3.05, 3.63) is 69.8 Å². The number of hydrogen-bond donors (Lipinski definition) is 2. The van der Waals surface area contributed by atoms with Crippen molar-refractivity contribution >= 4 is 23.5 Å². The summed E-state index contributed by atoms with van der Waals surface area (Å²) in [4.78, 5) is 51.8. The van der Waals surface area contributed by atoms with E-state index in [0.29, 0.717) is 38.6 Å². The third kappa shape index (κ3) is 7.68. The molecule has 5 rings (SSSR count). The Morgan fingerprint density at radius 1 is 0.976 bits per heavy atom. The number of carbonyl (C=O) groups is 4. The Labute approximate surface area is 242 Å². The van der Waals surface area contributed by atoms with Crippen LogP contribution in [0.5, 0.6) is 0 Å². The summed E-state index contributed by atoms with van der Waals surface area (Å²) in [6.45, 7) is 7.10. The Hall–Kier alpha value is -3.36. The zero-order valence-corrected chi connectivity index (χ0v) is 24.0. The Kier molecular flexibility index (Phi) is 9.62. The number of aryl methyl sites for hydroxylation is 2. The maximum absolute atomic E-state index is 13.2. The molecule has 2 N–H and O–H groups in total. The third-order valence-electron chi connectivity index (χ3n) is 8.85. The second kappa shape index (κ2) is 13.5. The van der Waals surface area contributed by atoms with Crippen LogP contribution in [0.3, 0.4) is 0 Å². The fourth-order valence-electron chi connectivity index (χ4n) is 6.23. The van der Waals surface area contributed by atoms with Gasteiger partial charge in [0.2, 0.25) is 17.7 Å². The van der Waals surface area contributed by atoms with E-state index in [1.165, 1.54) is 11.1 Å². The summed E-state index contributed by atoms with van der Waals surface area (Å²) in [5.41, 5.74) is 6.33. The van der Waals surface area contributed by atoms with E-state index in [1.54, 1.807) is 0 Å². The van der Waals surface area contributed by atoms with Crippen molar-refractivity contribution in [1.29, 1.82) is 0 Å². The van der Waals surface area contributed by atoms with E-state index in [2.05, 4.69) is 34.6 Å². The van der Waals surface area contributed by atoms with Gasteiger partial charge in [0.15, 0.2) is 5.78 Å². The zero-order valence-electron chi connectivity index (χ0n) is 24.0. The normalized spacial score (nSPS) is 21.3. The van der Waals surface area contributed by atoms with Crippen molar-refractivity contribution < 1.29 is 23.9 Å². The summed E-state index contributed by atoms with van der Waals surface area (Å²) in [5.74, 6) is -0.571. The van der Waals surface area contributed by atoms with Crippen molar-refractivity contribution in [1.82, 2.24) is 15.5 Å². The van der Waals surface area contributed by atoms with Crippen LogP contribution >= 0.6 is 0 Å². The van der Waals surface area contributed by atoms with Gasteiger partial charge in [-0.2, -0.15) is 0 Å². The number of nitrogens with one attached hydrogen (secondary N) is 2. The lowest BCUT2D eigenvalue weighted by Crippen LogP contribution is -2.41. The van der Waals surface area contributed by atoms with Crippen LogP contribution in [0.25, 0.3) is 0 Å². The van der Waals surface area contributed by atoms with Crippen LogP contribution in [0.1, 0.15) is 70.3 Å². The molecule has 2 aromatic carbocycles. The van der Waals surface area contributed by atoms with Gasteiger partial charge in [-0.05, 0) is 73.3 Å². The molecule has 2 saturated heterocycles. The van der Waals surface area contributed by atoms with Gasteiger partial charge in [-0.25, -0.2) is 0 Å². The number of Topliss-reactive ketones (excluding diaryl/α,β-unsaturated/α-hetero) is 1. The maximum Gasteiger partial charge on any atom is 0.229 e. The molecule has 0 spiro atoms. The highest BCUT2D eigenvalue weighted by atomic mass is 16.5. The van der Waals surface area contributed by atoms with Crippen LogP contribution in [0.2, 0.25) is 0 Å². The number of imide groups is 1. The second-order valence-electron chi connectivity index (χ2n) is 11.7. The van der Waals surface area contributed by atoms with E-state index in [1.807, 2.05) is 24.3 Å².